The number of allylic oxidation sites excluding steroid dienone is 22. The minimum absolute atomic E-state index is 0.111. The second kappa shape index (κ2) is 50.2. The second-order valence-electron chi connectivity index (χ2n) is 15.7. The molecule has 6 nitrogen and oxygen atoms in total. The van der Waals surface area contributed by atoms with E-state index < -0.39 is 6.10 Å². The molecule has 0 aliphatic heterocycles. The van der Waals surface area contributed by atoms with Crippen molar-refractivity contribution in [2.24, 2.45) is 0 Å². The Kier molecular flexibility index (Phi) is 46.7. The minimum Gasteiger partial charge on any atom is -0.462 e. The molecule has 0 rings (SSSR count). The van der Waals surface area contributed by atoms with E-state index in [1.807, 2.05) is 60.8 Å². The maximum Gasteiger partial charge on any atom is 0.306 e. The summed E-state index contributed by atoms with van der Waals surface area (Å²) in [5.41, 5.74) is 0. The molecule has 0 aliphatic carbocycles. The molecule has 0 saturated carbocycles. The maximum atomic E-state index is 12.8. The van der Waals surface area contributed by atoms with Gasteiger partial charge in [0.15, 0.2) is 6.10 Å². The van der Waals surface area contributed by atoms with Crippen LogP contribution >= 0.6 is 0 Å². The van der Waals surface area contributed by atoms with Crippen molar-refractivity contribution in [3.8, 4) is 0 Å². The van der Waals surface area contributed by atoms with E-state index in [-0.39, 0.29) is 37.5 Å². The van der Waals surface area contributed by atoms with Crippen molar-refractivity contribution >= 4 is 17.9 Å². The first-order chi connectivity index (χ1) is 31.0. The van der Waals surface area contributed by atoms with Crippen LogP contribution in [0.2, 0.25) is 0 Å². The SMILES string of the molecule is CC\C=C/C=C\C=C/C=C\C=C\C=C/CCCCCC(=O)OCC(COC(=O)CCCCCCCCC/C=C\C/C=C\CC)OC(=O)CCCCCC/C=C\C/C=C\C/C=C\CC. The normalized spacial score (nSPS) is 13.3. The molecule has 63 heavy (non-hydrogen) atoms. The predicted octanol–water partition coefficient (Wildman–Crippen LogP) is 16.3. The van der Waals surface area contributed by atoms with Crippen molar-refractivity contribution in [1.29, 1.82) is 0 Å². The standard InChI is InChI=1S/C57H88O6/c1-4-7-10-13-16-19-22-25-28-29-30-33-35-38-41-44-47-50-56(59)62-53-54(63-57(60)51-48-45-42-39-36-32-27-24-21-18-15-12-9-6-3)52-61-55(58)49-46-43-40-37-34-31-26-23-20-17-14-11-8-5-2/h7-13,16-22,25,27-30,32-33,35,54H,4-6,14-15,23-24,26,31,34,36-53H2,1-3H3/b10-7-,11-8-,12-9-,16-13-,20-17-,21-18-,22-19-,28-25-,30-29+,32-27-,35-33-. The van der Waals surface area contributed by atoms with Gasteiger partial charge in [-0.2, -0.15) is 0 Å². The van der Waals surface area contributed by atoms with Crippen LogP contribution in [0.1, 0.15) is 188 Å². The average molecular weight is 869 g/mol. The van der Waals surface area contributed by atoms with Gasteiger partial charge in [-0.25, -0.2) is 0 Å². The number of carbonyl (C=O) groups is 3. The van der Waals surface area contributed by atoms with Crippen LogP contribution in [0, 0.1) is 0 Å². The summed E-state index contributed by atoms with van der Waals surface area (Å²) in [5.74, 6) is -0.999. The monoisotopic (exact) mass is 869 g/mol. The van der Waals surface area contributed by atoms with Crippen molar-refractivity contribution in [2.45, 2.75) is 194 Å². The van der Waals surface area contributed by atoms with E-state index in [0.717, 1.165) is 122 Å². The second-order valence-corrected chi connectivity index (χ2v) is 15.7. The van der Waals surface area contributed by atoms with Crippen LogP contribution in [0.15, 0.2) is 134 Å². The van der Waals surface area contributed by atoms with Gasteiger partial charge in [-0.05, 0) is 96.3 Å². The van der Waals surface area contributed by atoms with Crippen LogP contribution in [0.5, 0.6) is 0 Å². The lowest BCUT2D eigenvalue weighted by atomic mass is 10.1. The topological polar surface area (TPSA) is 78.9 Å². The number of rotatable bonds is 42. The van der Waals surface area contributed by atoms with Gasteiger partial charge in [-0.15, -0.1) is 0 Å². The number of ether oxygens (including phenoxy) is 3. The number of unbranched alkanes of at least 4 members (excludes halogenated alkanes) is 14. The third-order valence-corrected chi connectivity index (χ3v) is 9.79. The third kappa shape index (κ3) is 48.4. The molecule has 1 atom stereocenters. The Balaban J connectivity index is 4.56. The smallest absolute Gasteiger partial charge is 0.306 e. The number of esters is 3. The van der Waals surface area contributed by atoms with Crippen LogP contribution in [0.3, 0.4) is 0 Å². The Morgan fingerprint density at radius 1 is 0.333 bits per heavy atom. The van der Waals surface area contributed by atoms with Gasteiger partial charge in [-0.1, -0.05) is 206 Å². The average Bonchev–Trinajstić information content (AvgIpc) is 3.28. The van der Waals surface area contributed by atoms with Crippen molar-refractivity contribution < 1.29 is 28.6 Å². The van der Waals surface area contributed by atoms with E-state index in [1.165, 1.54) is 25.7 Å². The van der Waals surface area contributed by atoms with Crippen molar-refractivity contribution in [2.75, 3.05) is 13.2 Å². The summed E-state index contributed by atoms with van der Waals surface area (Å²) in [6.45, 7) is 6.18. The van der Waals surface area contributed by atoms with Gasteiger partial charge in [0.2, 0.25) is 0 Å². The van der Waals surface area contributed by atoms with E-state index in [0.29, 0.717) is 12.8 Å². The molecule has 0 aromatic heterocycles. The van der Waals surface area contributed by atoms with Crippen LogP contribution in [0.25, 0.3) is 0 Å². The Bertz CT molecular complexity index is 1420. The molecule has 0 aromatic carbocycles. The van der Waals surface area contributed by atoms with Gasteiger partial charge in [-0.3, -0.25) is 14.4 Å². The largest absolute Gasteiger partial charge is 0.462 e. The molecular formula is C57H88O6. The highest BCUT2D eigenvalue weighted by molar-refractivity contribution is 5.71. The van der Waals surface area contributed by atoms with E-state index in [4.69, 9.17) is 14.2 Å². The van der Waals surface area contributed by atoms with Crippen molar-refractivity contribution in [3.63, 3.8) is 0 Å². The van der Waals surface area contributed by atoms with Gasteiger partial charge in [0.05, 0.1) is 0 Å². The van der Waals surface area contributed by atoms with Gasteiger partial charge in [0.1, 0.15) is 13.2 Å². The molecule has 0 bridgehead atoms. The molecular weight excluding hydrogens is 781 g/mol. The summed E-state index contributed by atoms with van der Waals surface area (Å²) >= 11 is 0. The molecule has 1 unspecified atom stereocenters. The molecule has 0 N–H and O–H groups in total. The van der Waals surface area contributed by atoms with Crippen LogP contribution in [0.4, 0.5) is 0 Å². The van der Waals surface area contributed by atoms with Crippen LogP contribution in [-0.2, 0) is 28.6 Å². The first kappa shape index (κ1) is 58.6. The van der Waals surface area contributed by atoms with Gasteiger partial charge in [0.25, 0.3) is 0 Å². The van der Waals surface area contributed by atoms with Gasteiger partial charge < -0.3 is 14.2 Å². The summed E-state index contributed by atoms with van der Waals surface area (Å²) in [5, 5.41) is 0. The zero-order valence-electron chi connectivity index (χ0n) is 40.0. The molecule has 0 radical (unpaired) electrons. The molecule has 352 valence electrons. The summed E-state index contributed by atoms with van der Waals surface area (Å²) < 4.78 is 16.7. The van der Waals surface area contributed by atoms with Crippen LogP contribution < -0.4 is 0 Å². The van der Waals surface area contributed by atoms with Gasteiger partial charge in [0, 0.05) is 19.3 Å². The molecule has 0 saturated heterocycles. The summed E-state index contributed by atoms with van der Waals surface area (Å²) in [6, 6.07) is 0. The third-order valence-electron chi connectivity index (χ3n) is 9.79. The summed E-state index contributed by atoms with van der Waals surface area (Å²) in [7, 11) is 0. The summed E-state index contributed by atoms with van der Waals surface area (Å²) in [4.78, 5) is 37.9. The van der Waals surface area contributed by atoms with E-state index in [9.17, 15) is 14.4 Å². The molecule has 0 aliphatic rings. The highest BCUT2D eigenvalue weighted by Gasteiger charge is 2.19. The first-order valence-corrected chi connectivity index (χ1v) is 24.8. The fourth-order valence-corrected chi connectivity index (χ4v) is 6.17. The highest BCUT2D eigenvalue weighted by atomic mass is 16.6. The quantitative estimate of drug-likeness (QED) is 0.0200. The Morgan fingerprint density at radius 2 is 0.651 bits per heavy atom. The van der Waals surface area contributed by atoms with Crippen molar-refractivity contribution in [1.82, 2.24) is 0 Å². The van der Waals surface area contributed by atoms with Crippen LogP contribution in [-0.4, -0.2) is 37.2 Å². The van der Waals surface area contributed by atoms with E-state index in [2.05, 4.69) is 93.7 Å². The molecule has 0 aromatic rings. The zero-order chi connectivity index (χ0) is 45.8. The van der Waals surface area contributed by atoms with Gasteiger partial charge >= 0.3 is 17.9 Å². The number of hydrogen-bond acceptors (Lipinski definition) is 6. The Hall–Kier alpha value is -4.45. The first-order valence-electron chi connectivity index (χ1n) is 24.8. The molecule has 0 fully saturated rings. The predicted molar refractivity (Wildman–Crippen MR) is 269 cm³/mol. The molecule has 0 spiro atoms. The molecule has 0 amide bonds. The molecule has 0 heterocycles. The van der Waals surface area contributed by atoms with E-state index in [1.54, 1.807) is 0 Å². The lowest BCUT2D eigenvalue weighted by Crippen LogP contribution is -2.30. The zero-order valence-corrected chi connectivity index (χ0v) is 40.0. The van der Waals surface area contributed by atoms with E-state index >= 15 is 0 Å². The Morgan fingerprint density at radius 3 is 1.10 bits per heavy atom. The lowest BCUT2D eigenvalue weighted by Gasteiger charge is -2.18. The fourth-order valence-electron chi connectivity index (χ4n) is 6.17. The van der Waals surface area contributed by atoms with Crippen molar-refractivity contribution in [3.05, 3.63) is 134 Å². The number of carbonyl (C=O) groups excluding carboxylic acids is 3. The maximum absolute atomic E-state index is 12.8. The molecule has 6 heteroatoms. The minimum atomic E-state index is -0.816. The number of hydrogen-bond donors (Lipinski definition) is 0. The highest BCUT2D eigenvalue weighted by Crippen LogP contribution is 2.13. The fraction of sp³-hybridized carbons (Fsp3) is 0.561. The summed E-state index contributed by atoms with van der Waals surface area (Å²) in [6.07, 6.45) is 70.0. The Labute approximate surface area is 385 Å². The lowest BCUT2D eigenvalue weighted by molar-refractivity contribution is -0.167.